The van der Waals surface area contributed by atoms with E-state index in [2.05, 4.69) is 5.32 Å². The Morgan fingerprint density at radius 3 is 2.50 bits per heavy atom. The van der Waals surface area contributed by atoms with Crippen LogP contribution in [0.4, 0.5) is 0 Å². The van der Waals surface area contributed by atoms with Crippen LogP contribution in [-0.4, -0.2) is 64.3 Å². The molecular formula is C25H23N3O4. The minimum Gasteiger partial charge on any atom is -0.508 e. The van der Waals surface area contributed by atoms with Gasteiger partial charge >= 0.3 is 0 Å². The van der Waals surface area contributed by atoms with Crippen molar-refractivity contribution in [2.45, 2.75) is 18.5 Å². The molecule has 0 saturated carbocycles. The van der Waals surface area contributed by atoms with Crippen molar-refractivity contribution >= 4 is 28.5 Å². The summed E-state index contributed by atoms with van der Waals surface area (Å²) in [6.07, 6.45) is 0.355. The Bertz CT molecular complexity index is 1210. The maximum atomic E-state index is 13.1. The highest BCUT2D eigenvalue weighted by atomic mass is 16.3. The summed E-state index contributed by atoms with van der Waals surface area (Å²) in [6, 6.07) is 18.7. The molecule has 7 nitrogen and oxygen atoms in total. The number of hydrogen-bond acceptors (Lipinski definition) is 4. The van der Waals surface area contributed by atoms with E-state index < -0.39 is 12.1 Å². The maximum absolute atomic E-state index is 13.1. The first-order chi connectivity index (χ1) is 15.5. The number of fused-ring (bicyclic) bond motifs is 2. The van der Waals surface area contributed by atoms with Gasteiger partial charge in [-0.15, -0.1) is 0 Å². The van der Waals surface area contributed by atoms with Crippen molar-refractivity contribution in [3.8, 4) is 5.75 Å². The Morgan fingerprint density at radius 1 is 0.969 bits per heavy atom. The first-order valence-electron chi connectivity index (χ1n) is 10.7. The van der Waals surface area contributed by atoms with E-state index in [0.29, 0.717) is 25.1 Å². The lowest BCUT2D eigenvalue weighted by Gasteiger charge is -2.45. The second kappa shape index (κ2) is 8.00. The third-order valence-electron chi connectivity index (χ3n) is 6.24. The van der Waals surface area contributed by atoms with Crippen LogP contribution in [0.15, 0.2) is 66.7 Å². The van der Waals surface area contributed by atoms with E-state index in [4.69, 9.17) is 0 Å². The Labute approximate surface area is 185 Å². The number of phenolic OH excluding ortho intramolecular Hbond substituents is 1. The molecule has 3 aromatic rings. The number of phenols is 1. The van der Waals surface area contributed by atoms with Gasteiger partial charge in [0.2, 0.25) is 11.8 Å². The fraction of sp³-hybridized carbons (Fsp3) is 0.240. The fourth-order valence-electron chi connectivity index (χ4n) is 4.50. The lowest BCUT2D eigenvalue weighted by molar-refractivity contribution is -0.152. The molecule has 0 spiro atoms. The van der Waals surface area contributed by atoms with Gasteiger partial charge in [-0.3, -0.25) is 14.4 Å². The van der Waals surface area contributed by atoms with Crippen molar-refractivity contribution in [2.24, 2.45) is 0 Å². The molecular weight excluding hydrogens is 406 g/mol. The van der Waals surface area contributed by atoms with Gasteiger partial charge in [-0.1, -0.05) is 42.5 Å². The first kappa shape index (κ1) is 20.1. The molecule has 5 rings (SSSR count). The highest BCUT2D eigenvalue weighted by Crippen LogP contribution is 2.22. The molecule has 0 radical (unpaired) electrons. The average Bonchev–Trinajstić information content (AvgIpc) is 2.82. The fourth-order valence-corrected chi connectivity index (χ4v) is 4.50. The van der Waals surface area contributed by atoms with Gasteiger partial charge in [0.1, 0.15) is 17.8 Å². The number of benzene rings is 3. The van der Waals surface area contributed by atoms with Crippen LogP contribution in [0, 0.1) is 0 Å². The number of aromatic hydroxyl groups is 1. The largest absolute Gasteiger partial charge is 0.508 e. The third-order valence-corrected chi connectivity index (χ3v) is 6.24. The SMILES string of the molecule is O=C1N[C@@H](Cc2ccc(O)cc2)C(=O)N2CCN(C(=O)c3ccc4ccccc4c3)C[C@H]12. The number of carbonyl (C=O) groups excluding carboxylic acids is 3. The van der Waals surface area contributed by atoms with Crippen molar-refractivity contribution in [1.82, 2.24) is 15.1 Å². The number of nitrogens with zero attached hydrogens (tertiary/aromatic N) is 2. The zero-order valence-electron chi connectivity index (χ0n) is 17.4. The predicted octanol–water partition coefficient (Wildman–Crippen LogP) is 1.94. The number of hydrogen-bond donors (Lipinski definition) is 2. The number of nitrogens with one attached hydrogen (secondary N) is 1. The normalized spacial score (nSPS) is 20.8. The predicted molar refractivity (Wildman–Crippen MR) is 119 cm³/mol. The molecule has 32 heavy (non-hydrogen) atoms. The van der Waals surface area contributed by atoms with Crippen LogP contribution in [-0.2, 0) is 16.0 Å². The van der Waals surface area contributed by atoms with Crippen molar-refractivity contribution in [1.29, 1.82) is 0 Å². The van der Waals surface area contributed by atoms with Gasteiger partial charge in [-0.05, 0) is 40.6 Å². The van der Waals surface area contributed by atoms with Gasteiger partial charge in [0.05, 0.1) is 6.54 Å². The van der Waals surface area contributed by atoms with Gasteiger partial charge in [0, 0.05) is 25.1 Å². The Balaban J connectivity index is 1.29. The molecule has 3 aromatic carbocycles. The van der Waals surface area contributed by atoms with Crippen LogP contribution in [0.5, 0.6) is 5.75 Å². The van der Waals surface area contributed by atoms with E-state index >= 15 is 0 Å². The van der Waals surface area contributed by atoms with E-state index in [-0.39, 0.29) is 30.0 Å². The molecule has 0 unspecified atom stereocenters. The minimum atomic E-state index is -0.684. The summed E-state index contributed by atoms with van der Waals surface area (Å²) in [4.78, 5) is 42.2. The van der Waals surface area contributed by atoms with Crippen LogP contribution >= 0.6 is 0 Å². The molecule has 0 aromatic heterocycles. The molecule has 7 heteroatoms. The van der Waals surface area contributed by atoms with E-state index in [1.54, 1.807) is 40.1 Å². The van der Waals surface area contributed by atoms with E-state index in [1.165, 1.54) is 0 Å². The standard InChI is InChI=1S/C25H23N3O4/c29-20-9-5-16(6-10-20)13-21-25(32)28-12-11-27(15-22(28)23(30)26-21)24(31)19-8-7-17-3-1-2-4-18(17)14-19/h1-10,14,21-22,29H,11-13,15H2,(H,26,30)/t21-,22+/m0/s1. The molecule has 162 valence electrons. The quantitative estimate of drug-likeness (QED) is 0.666. The highest BCUT2D eigenvalue weighted by Gasteiger charge is 2.44. The summed E-state index contributed by atoms with van der Waals surface area (Å²) in [6.45, 7) is 0.880. The summed E-state index contributed by atoms with van der Waals surface area (Å²) >= 11 is 0. The molecule has 0 bridgehead atoms. The topological polar surface area (TPSA) is 89.9 Å². The zero-order valence-corrected chi connectivity index (χ0v) is 17.4. The van der Waals surface area contributed by atoms with E-state index in [0.717, 1.165) is 16.3 Å². The molecule has 2 aliphatic heterocycles. The molecule has 2 saturated heterocycles. The van der Waals surface area contributed by atoms with Crippen molar-refractivity contribution in [2.75, 3.05) is 19.6 Å². The Morgan fingerprint density at radius 2 is 1.72 bits per heavy atom. The molecule has 3 amide bonds. The van der Waals surface area contributed by atoms with Gasteiger partial charge in [0.25, 0.3) is 5.91 Å². The number of amides is 3. The third kappa shape index (κ3) is 3.66. The highest BCUT2D eigenvalue weighted by molar-refractivity contribution is 6.01. The summed E-state index contributed by atoms with van der Waals surface area (Å²) in [7, 11) is 0. The second-order valence-corrected chi connectivity index (χ2v) is 8.29. The first-order valence-corrected chi connectivity index (χ1v) is 10.7. The van der Waals surface area contributed by atoms with Gasteiger partial charge < -0.3 is 20.2 Å². The molecule has 2 heterocycles. The van der Waals surface area contributed by atoms with Crippen LogP contribution in [0.1, 0.15) is 15.9 Å². The maximum Gasteiger partial charge on any atom is 0.254 e. The summed E-state index contributed by atoms with van der Waals surface area (Å²) < 4.78 is 0. The van der Waals surface area contributed by atoms with Gasteiger partial charge in [-0.2, -0.15) is 0 Å². The molecule has 2 N–H and O–H groups in total. The molecule has 2 atom stereocenters. The van der Waals surface area contributed by atoms with Gasteiger partial charge in [-0.25, -0.2) is 0 Å². The summed E-state index contributed by atoms with van der Waals surface area (Å²) in [5.74, 6) is -0.369. The number of rotatable bonds is 3. The zero-order chi connectivity index (χ0) is 22.2. The van der Waals surface area contributed by atoms with Crippen molar-refractivity contribution < 1.29 is 19.5 Å². The van der Waals surface area contributed by atoms with E-state index in [9.17, 15) is 19.5 Å². The van der Waals surface area contributed by atoms with Crippen molar-refractivity contribution in [3.63, 3.8) is 0 Å². The van der Waals surface area contributed by atoms with Crippen LogP contribution < -0.4 is 5.32 Å². The molecule has 2 fully saturated rings. The summed E-state index contributed by atoms with van der Waals surface area (Å²) in [5, 5.41) is 14.3. The minimum absolute atomic E-state index is 0.137. The lowest BCUT2D eigenvalue weighted by atomic mass is 9.98. The Hall–Kier alpha value is -3.87. The number of piperazine rings is 2. The van der Waals surface area contributed by atoms with Gasteiger partial charge in [0.15, 0.2) is 0 Å². The van der Waals surface area contributed by atoms with Crippen LogP contribution in [0.2, 0.25) is 0 Å². The molecule has 0 aliphatic carbocycles. The van der Waals surface area contributed by atoms with Crippen LogP contribution in [0.25, 0.3) is 10.8 Å². The molecule has 2 aliphatic rings. The smallest absolute Gasteiger partial charge is 0.254 e. The second-order valence-electron chi connectivity index (χ2n) is 8.29. The van der Waals surface area contributed by atoms with Crippen molar-refractivity contribution in [3.05, 3.63) is 77.9 Å². The van der Waals surface area contributed by atoms with E-state index in [1.807, 2.05) is 36.4 Å². The number of carbonyl (C=O) groups is 3. The Kier molecular flexibility index (Phi) is 5.01. The van der Waals surface area contributed by atoms with Crippen LogP contribution in [0.3, 0.4) is 0 Å². The lowest BCUT2D eigenvalue weighted by Crippen LogP contribution is -2.70. The monoisotopic (exact) mass is 429 g/mol. The summed E-state index contributed by atoms with van der Waals surface area (Å²) in [5.41, 5.74) is 1.43. The average molecular weight is 429 g/mol.